The van der Waals surface area contributed by atoms with E-state index in [1.54, 1.807) is 48.4 Å². The number of carbonyl (C=O) groups is 2. The van der Waals surface area contributed by atoms with Gasteiger partial charge in [-0.2, -0.15) is 5.10 Å². The van der Waals surface area contributed by atoms with Crippen LogP contribution in [0.2, 0.25) is 0 Å². The zero-order valence-corrected chi connectivity index (χ0v) is 23.9. The van der Waals surface area contributed by atoms with E-state index in [2.05, 4.69) is 4.90 Å². The molecule has 2 aliphatic heterocycles. The number of morpholine rings is 1. The van der Waals surface area contributed by atoms with Crippen molar-refractivity contribution in [1.82, 2.24) is 19.4 Å². The molecule has 10 heteroatoms. The summed E-state index contributed by atoms with van der Waals surface area (Å²) in [5.41, 5.74) is 3.24. The van der Waals surface area contributed by atoms with E-state index in [-0.39, 0.29) is 24.4 Å². The van der Waals surface area contributed by atoms with Gasteiger partial charge in [0.05, 0.1) is 44.9 Å². The summed E-state index contributed by atoms with van der Waals surface area (Å²) in [5, 5.41) is 6.37. The first kappa shape index (κ1) is 28.4. The highest BCUT2D eigenvalue weighted by Gasteiger charge is 2.35. The summed E-state index contributed by atoms with van der Waals surface area (Å²) < 4.78 is 18.1. The van der Waals surface area contributed by atoms with E-state index in [1.807, 2.05) is 54.2 Å². The lowest BCUT2D eigenvalue weighted by Crippen LogP contribution is -2.46. The molecule has 216 valence electrons. The maximum Gasteiger partial charge on any atom is 0.262 e. The predicted molar refractivity (Wildman–Crippen MR) is 155 cm³/mol. The molecule has 2 amide bonds. The molecule has 0 saturated carbocycles. The molecule has 1 aromatic heterocycles. The van der Waals surface area contributed by atoms with E-state index >= 15 is 0 Å². The Balaban J connectivity index is 1.40. The summed E-state index contributed by atoms with van der Waals surface area (Å²) >= 11 is 0. The van der Waals surface area contributed by atoms with E-state index in [4.69, 9.17) is 19.3 Å². The smallest absolute Gasteiger partial charge is 0.262 e. The highest BCUT2D eigenvalue weighted by molar-refractivity contribution is 6.02. The van der Waals surface area contributed by atoms with Crippen molar-refractivity contribution in [2.45, 2.75) is 12.5 Å². The molecule has 1 saturated heterocycles. The Bertz CT molecular complexity index is 1360. The van der Waals surface area contributed by atoms with Crippen molar-refractivity contribution in [2.75, 3.05) is 60.2 Å². The van der Waals surface area contributed by atoms with Gasteiger partial charge in [-0.25, -0.2) is 5.01 Å². The first-order chi connectivity index (χ1) is 20.0. The van der Waals surface area contributed by atoms with Gasteiger partial charge in [-0.1, -0.05) is 12.1 Å². The van der Waals surface area contributed by atoms with Crippen LogP contribution in [0.1, 0.15) is 34.1 Å². The molecule has 0 N–H and O–H groups in total. The largest absolute Gasteiger partial charge is 0.497 e. The highest BCUT2D eigenvalue weighted by Crippen LogP contribution is 2.34. The molecule has 2 aromatic carbocycles. The van der Waals surface area contributed by atoms with Crippen LogP contribution in [0.15, 0.2) is 72.0 Å². The molecule has 0 bridgehead atoms. The molecule has 41 heavy (non-hydrogen) atoms. The molecule has 0 spiro atoms. The monoisotopic (exact) mass is 559 g/mol. The van der Waals surface area contributed by atoms with Gasteiger partial charge in [-0.3, -0.25) is 14.5 Å². The van der Waals surface area contributed by atoms with Crippen LogP contribution in [0, 0.1) is 0 Å². The van der Waals surface area contributed by atoms with E-state index in [1.165, 1.54) is 0 Å². The molecular weight excluding hydrogens is 522 g/mol. The van der Waals surface area contributed by atoms with Crippen LogP contribution in [-0.2, 0) is 16.6 Å². The average molecular weight is 560 g/mol. The highest BCUT2D eigenvalue weighted by atomic mass is 16.5. The summed E-state index contributed by atoms with van der Waals surface area (Å²) in [6.45, 7) is 3.90. The van der Waals surface area contributed by atoms with Crippen LogP contribution in [0.25, 0.3) is 0 Å². The summed E-state index contributed by atoms with van der Waals surface area (Å²) in [5.74, 6) is 0.965. The Labute approximate surface area is 240 Å². The number of rotatable bonds is 10. The number of methoxy groups -OCH3 is 2. The molecule has 5 rings (SSSR count). The minimum atomic E-state index is -0.296. The molecule has 1 atom stereocenters. The lowest BCUT2D eigenvalue weighted by Gasteiger charge is -2.31. The SMILES string of the molecule is COc1ccc(C(=O)N(CCN2CCOCC2)CC(=O)N2N=C(c3cccn3C)CC2c2ccc(OC)cc2)cc1. The van der Waals surface area contributed by atoms with Crippen LogP contribution >= 0.6 is 0 Å². The molecular formula is C31H37N5O5. The van der Waals surface area contributed by atoms with Gasteiger partial charge in [0.1, 0.15) is 18.0 Å². The molecule has 0 aliphatic carbocycles. The Morgan fingerprint density at radius 2 is 1.63 bits per heavy atom. The molecule has 10 nitrogen and oxygen atoms in total. The number of aryl methyl sites for hydroxylation is 1. The quantitative estimate of drug-likeness (QED) is 0.379. The van der Waals surface area contributed by atoms with Gasteiger partial charge in [-0.05, 0) is 54.1 Å². The van der Waals surface area contributed by atoms with Crippen LogP contribution in [-0.4, -0.2) is 97.1 Å². The molecule has 2 aliphatic rings. The normalized spacial score (nSPS) is 17.3. The maximum atomic E-state index is 14.0. The number of hydrazone groups is 1. The lowest BCUT2D eigenvalue weighted by molar-refractivity contribution is -0.133. The number of nitrogens with zero attached hydrogens (tertiary/aromatic N) is 5. The molecule has 3 heterocycles. The summed E-state index contributed by atoms with van der Waals surface area (Å²) in [4.78, 5) is 31.6. The van der Waals surface area contributed by atoms with Crippen LogP contribution in [0.5, 0.6) is 11.5 Å². The van der Waals surface area contributed by atoms with Gasteiger partial charge >= 0.3 is 0 Å². The number of ether oxygens (including phenoxy) is 3. The number of hydrogen-bond donors (Lipinski definition) is 0. The van der Waals surface area contributed by atoms with Crippen molar-refractivity contribution in [2.24, 2.45) is 12.1 Å². The van der Waals surface area contributed by atoms with Gasteiger partial charge in [0.2, 0.25) is 0 Å². The third-order valence-electron chi connectivity index (χ3n) is 7.65. The van der Waals surface area contributed by atoms with E-state index in [0.717, 1.165) is 35.8 Å². The van der Waals surface area contributed by atoms with Crippen molar-refractivity contribution in [3.63, 3.8) is 0 Å². The number of benzene rings is 2. The second-order valence-corrected chi connectivity index (χ2v) is 10.2. The fourth-order valence-electron chi connectivity index (χ4n) is 5.23. The number of aromatic nitrogens is 1. The van der Waals surface area contributed by atoms with Crippen molar-refractivity contribution in [3.05, 3.63) is 83.7 Å². The van der Waals surface area contributed by atoms with E-state index < -0.39 is 0 Å². The third-order valence-corrected chi connectivity index (χ3v) is 7.65. The topological polar surface area (TPSA) is 88.8 Å². The van der Waals surface area contributed by atoms with Crippen LogP contribution < -0.4 is 9.47 Å². The van der Waals surface area contributed by atoms with Gasteiger partial charge in [0, 0.05) is 51.4 Å². The maximum absolute atomic E-state index is 14.0. The Morgan fingerprint density at radius 1 is 0.976 bits per heavy atom. The summed E-state index contributed by atoms with van der Waals surface area (Å²) in [6, 6.07) is 18.3. The predicted octanol–water partition coefficient (Wildman–Crippen LogP) is 3.19. The first-order valence-electron chi connectivity index (χ1n) is 13.9. The molecule has 0 radical (unpaired) electrons. The number of amides is 2. The minimum Gasteiger partial charge on any atom is -0.497 e. The van der Waals surface area contributed by atoms with Gasteiger partial charge in [0.15, 0.2) is 0 Å². The number of hydrogen-bond acceptors (Lipinski definition) is 7. The Kier molecular flexibility index (Phi) is 9.01. The molecule has 3 aromatic rings. The molecule has 1 fully saturated rings. The van der Waals surface area contributed by atoms with Gasteiger partial charge in [-0.15, -0.1) is 0 Å². The van der Waals surface area contributed by atoms with Crippen molar-refractivity contribution < 1.29 is 23.8 Å². The number of carbonyl (C=O) groups excluding carboxylic acids is 2. The van der Waals surface area contributed by atoms with Gasteiger partial charge in [0.25, 0.3) is 11.8 Å². The second-order valence-electron chi connectivity index (χ2n) is 10.2. The minimum absolute atomic E-state index is 0.0915. The zero-order chi connectivity index (χ0) is 28.8. The molecule has 1 unspecified atom stereocenters. The summed E-state index contributed by atoms with van der Waals surface area (Å²) in [7, 11) is 5.18. The lowest BCUT2D eigenvalue weighted by atomic mass is 10.0. The van der Waals surface area contributed by atoms with Crippen molar-refractivity contribution in [3.8, 4) is 11.5 Å². The standard InChI is InChI=1S/C31H37N5O5/c1-33-14-4-5-28(33)27-21-29(23-6-10-25(39-2)11-7-23)36(32-27)30(37)22-35(16-15-34-17-19-41-20-18-34)31(38)24-8-12-26(40-3)13-9-24/h4-14,29H,15-22H2,1-3H3. The average Bonchev–Trinajstić information content (AvgIpc) is 3.66. The Hall–Kier alpha value is -4.15. The first-order valence-corrected chi connectivity index (χ1v) is 13.9. The second kappa shape index (κ2) is 13.0. The summed E-state index contributed by atoms with van der Waals surface area (Å²) in [6.07, 6.45) is 2.53. The van der Waals surface area contributed by atoms with Crippen LogP contribution in [0.3, 0.4) is 0 Å². The van der Waals surface area contributed by atoms with Crippen molar-refractivity contribution >= 4 is 17.5 Å². The third kappa shape index (κ3) is 6.61. The van der Waals surface area contributed by atoms with Gasteiger partial charge < -0.3 is 23.7 Å². The van der Waals surface area contributed by atoms with Crippen molar-refractivity contribution in [1.29, 1.82) is 0 Å². The van der Waals surface area contributed by atoms with E-state index in [0.29, 0.717) is 44.0 Å². The fraction of sp³-hybridized carbons (Fsp3) is 0.387. The van der Waals surface area contributed by atoms with Crippen LogP contribution in [0.4, 0.5) is 0 Å². The zero-order valence-electron chi connectivity index (χ0n) is 23.9. The van der Waals surface area contributed by atoms with E-state index in [9.17, 15) is 9.59 Å². The Morgan fingerprint density at radius 3 is 2.24 bits per heavy atom. The fourth-order valence-corrected chi connectivity index (χ4v) is 5.23.